The van der Waals surface area contributed by atoms with Crippen LogP contribution in [-0.4, -0.2) is 63.5 Å². The fraction of sp³-hybridized carbons (Fsp3) is 0.400. The van der Waals surface area contributed by atoms with Gasteiger partial charge in [0.1, 0.15) is 11.9 Å². The number of hydrogen-bond donors (Lipinski definition) is 4. The highest BCUT2D eigenvalue weighted by atomic mass is 35.5. The Morgan fingerprint density at radius 3 is 2.66 bits per heavy atom. The van der Waals surface area contributed by atoms with Crippen LogP contribution < -0.4 is 10.6 Å². The highest BCUT2D eigenvalue weighted by Crippen LogP contribution is 2.38. The van der Waals surface area contributed by atoms with Crippen molar-refractivity contribution in [3.05, 3.63) is 82.7 Å². The van der Waals surface area contributed by atoms with Gasteiger partial charge in [0.25, 0.3) is 0 Å². The first-order valence-corrected chi connectivity index (χ1v) is 16.2. The van der Waals surface area contributed by atoms with E-state index < -0.39 is 36.1 Å². The van der Waals surface area contributed by atoms with Crippen molar-refractivity contribution in [2.75, 3.05) is 23.8 Å². The molecule has 9 nitrogen and oxygen atoms in total. The summed E-state index contributed by atoms with van der Waals surface area (Å²) in [7, 11) is 0. The second-order valence-corrected chi connectivity index (χ2v) is 13.0. The molecular weight excluding hydrogens is 630 g/mol. The lowest BCUT2D eigenvalue weighted by atomic mass is 9.92. The maximum atomic E-state index is 14.8. The van der Waals surface area contributed by atoms with Crippen LogP contribution in [0.25, 0.3) is 16.7 Å². The normalized spacial score (nSPS) is 26.8. The number of carbonyl (C=O) groups excluding carboxylic acids is 2. The Kier molecular flexibility index (Phi) is 9.61. The first kappa shape index (κ1) is 33.0. The molecule has 47 heavy (non-hydrogen) atoms. The molecule has 2 bridgehead atoms. The summed E-state index contributed by atoms with van der Waals surface area (Å²) >= 11 is 5.91. The lowest BCUT2D eigenvalue weighted by molar-refractivity contribution is -0.150. The fourth-order valence-electron chi connectivity index (χ4n) is 6.50. The second kappa shape index (κ2) is 13.7. The summed E-state index contributed by atoms with van der Waals surface area (Å²) < 4.78 is 35.2. The molecule has 2 amide bonds. The largest absolute Gasteiger partial charge is 0.390 e. The zero-order valence-electron chi connectivity index (χ0n) is 26.1. The number of ether oxygens (including phenoxy) is 1. The number of carbonyl (C=O) groups is 2. The summed E-state index contributed by atoms with van der Waals surface area (Å²) in [5.74, 6) is -2.78. The smallest absolute Gasteiger partial charge is 0.247 e. The molecule has 1 saturated heterocycles. The van der Waals surface area contributed by atoms with Crippen molar-refractivity contribution >= 4 is 40.4 Å². The van der Waals surface area contributed by atoms with Gasteiger partial charge in [0.15, 0.2) is 12.0 Å². The van der Waals surface area contributed by atoms with E-state index in [-0.39, 0.29) is 59.4 Å². The SMILES string of the molecule is C[C@@H]1CCC[C@H](N2CCC(c3c(F)ccc(Cl)c3F)=CC2=O)c2cc(ccn2)-c2ccc(NC3OC[C@@H](C)[C@H](O)[C@H]3O)cc2NC1=O. The van der Waals surface area contributed by atoms with Crippen molar-refractivity contribution in [2.45, 2.75) is 64.0 Å². The third-order valence-corrected chi connectivity index (χ3v) is 9.60. The number of aliphatic hydroxyl groups excluding tert-OH is 2. The van der Waals surface area contributed by atoms with Gasteiger partial charge in [0.2, 0.25) is 11.8 Å². The van der Waals surface area contributed by atoms with Gasteiger partial charge in [-0.25, -0.2) is 8.78 Å². The van der Waals surface area contributed by atoms with E-state index in [0.29, 0.717) is 36.3 Å². The topological polar surface area (TPSA) is 124 Å². The van der Waals surface area contributed by atoms with E-state index in [0.717, 1.165) is 23.3 Å². The molecule has 3 aliphatic rings. The maximum Gasteiger partial charge on any atom is 0.247 e. The highest BCUT2D eigenvalue weighted by molar-refractivity contribution is 6.31. The number of rotatable bonds is 4. The number of fused-ring (bicyclic) bond motifs is 4. The van der Waals surface area contributed by atoms with E-state index in [4.69, 9.17) is 16.3 Å². The predicted octanol–water partition coefficient (Wildman–Crippen LogP) is 5.92. The van der Waals surface area contributed by atoms with E-state index in [9.17, 15) is 28.6 Å². The average molecular weight is 667 g/mol. The molecule has 0 saturated carbocycles. The number of pyridine rings is 1. The van der Waals surface area contributed by atoms with Crippen LogP contribution >= 0.6 is 11.6 Å². The Morgan fingerprint density at radius 1 is 1.06 bits per heavy atom. The first-order valence-electron chi connectivity index (χ1n) is 15.8. The van der Waals surface area contributed by atoms with Crippen LogP contribution in [0.3, 0.4) is 0 Å². The Balaban J connectivity index is 1.32. The molecule has 6 atom stereocenters. The molecule has 12 heteroatoms. The highest BCUT2D eigenvalue weighted by Gasteiger charge is 2.36. The van der Waals surface area contributed by atoms with Crippen LogP contribution in [0.4, 0.5) is 20.2 Å². The monoisotopic (exact) mass is 666 g/mol. The van der Waals surface area contributed by atoms with E-state index >= 15 is 0 Å². The minimum atomic E-state index is -1.14. The quantitative estimate of drug-likeness (QED) is 0.255. The third kappa shape index (κ3) is 6.76. The van der Waals surface area contributed by atoms with Crippen LogP contribution in [0.1, 0.15) is 56.8 Å². The van der Waals surface area contributed by atoms with E-state index in [1.54, 1.807) is 30.2 Å². The Hall–Kier alpha value is -3.90. The zero-order valence-corrected chi connectivity index (χ0v) is 26.8. The standard InChI is InChI=1S/C35H37ClF2N4O5/c1-18-4-3-5-28(42-13-11-21(15-29(42)43)30-25(37)9-8-24(36)31(30)38)27-14-20(10-12-39-27)23-7-6-22(16-26(23)41-34(18)46)40-35-33(45)32(44)19(2)17-47-35/h6-10,12,14-16,18-19,28,32-33,35,40,44-45H,3-5,11,13,17H2,1-2H3,(H,41,46)/t18-,19-,28+,32+,33-,35?/m1/s1. The van der Waals surface area contributed by atoms with Gasteiger partial charge in [-0.2, -0.15) is 0 Å². The maximum absolute atomic E-state index is 14.8. The number of halogens is 3. The summed E-state index contributed by atoms with van der Waals surface area (Å²) in [5.41, 5.74) is 3.21. The predicted molar refractivity (Wildman–Crippen MR) is 174 cm³/mol. The lowest BCUT2D eigenvalue weighted by Crippen LogP contribution is -2.52. The fourth-order valence-corrected chi connectivity index (χ4v) is 6.66. The van der Waals surface area contributed by atoms with Crippen molar-refractivity contribution in [2.24, 2.45) is 11.8 Å². The molecule has 0 radical (unpaired) electrons. The van der Waals surface area contributed by atoms with Gasteiger partial charge in [0.05, 0.1) is 40.7 Å². The van der Waals surface area contributed by atoms with E-state index in [1.807, 2.05) is 25.1 Å². The third-order valence-electron chi connectivity index (χ3n) is 9.31. The van der Waals surface area contributed by atoms with Crippen LogP contribution in [-0.2, 0) is 14.3 Å². The van der Waals surface area contributed by atoms with Crippen LogP contribution in [0.2, 0.25) is 5.02 Å². The molecule has 248 valence electrons. The van der Waals surface area contributed by atoms with E-state index in [2.05, 4.69) is 15.6 Å². The van der Waals surface area contributed by atoms with Crippen molar-refractivity contribution < 1.29 is 33.3 Å². The number of aliphatic hydroxyl groups is 2. The number of benzene rings is 2. The van der Waals surface area contributed by atoms with E-state index in [1.165, 1.54) is 6.08 Å². The first-order chi connectivity index (χ1) is 22.5. The van der Waals surface area contributed by atoms with Crippen molar-refractivity contribution in [3.63, 3.8) is 0 Å². The van der Waals surface area contributed by atoms with Crippen LogP contribution in [0.15, 0.2) is 54.7 Å². The molecule has 1 aromatic heterocycles. The van der Waals surface area contributed by atoms with Crippen molar-refractivity contribution in [1.29, 1.82) is 0 Å². The Morgan fingerprint density at radius 2 is 1.87 bits per heavy atom. The van der Waals surface area contributed by atoms with Gasteiger partial charge in [-0.3, -0.25) is 14.6 Å². The molecule has 6 rings (SSSR count). The summed E-state index contributed by atoms with van der Waals surface area (Å²) in [5, 5.41) is 26.9. The summed E-state index contributed by atoms with van der Waals surface area (Å²) in [6, 6.07) is 10.9. The number of nitrogens with zero attached hydrogens (tertiary/aromatic N) is 2. The second-order valence-electron chi connectivity index (χ2n) is 12.6. The number of hydrogen-bond acceptors (Lipinski definition) is 7. The van der Waals surface area contributed by atoms with Gasteiger partial charge < -0.3 is 30.5 Å². The minimum Gasteiger partial charge on any atom is -0.390 e. The number of aromatic nitrogens is 1. The lowest BCUT2D eigenvalue weighted by Gasteiger charge is -2.37. The Bertz CT molecular complexity index is 1720. The molecule has 1 unspecified atom stereocenters. The molecular formula is C35H37ClF2N4O5. The average Bonchev–Trinajstić information content (AvgIpc) is 3.05. The van der Waals surface area contributed by atoms with Gasteiger partial charge in [-0.1, -0.05) is 37.9 Å². The zero-order chi connectivity index (χ0) is 33.4. The molecule has 4 heterocycles. The number of nitrogens with one attached hydrogen (secondary N) is 2. The minimum absolute atomic E-state index is 0.166. The summed E-state index contributed by atoms with van der Waals surface area (Å²) in [4.78, 5) is 33.2. The Labute approximate surface area is 276 Å². The molecule has 1 fully saturated rings. The molecule has 0 spiro atoms. The van der Waals surface area contributed by atoms with Crippen molar-refractivity contribution in [3.8, 4) is 11.1 Å². The molecule has 2 aromatic carbocycles. The number of anilines is 2. The molecule has 4 N–H and O–H groups in total. The van der Waals surface area contributed by atoms with Gasteiger partial charge in [-0.05, 0) is 66.8 Å². The molecule has 3 aliphatic heterocycles. The van der Waals surface area contributed by atoms with Gasteiger partial charge >= 0.3 is 0 Å². The summed E-state index contributed by atoms with van der Waals surface area (Å²) in [6.45, 7) is 4.14. The van der Waals surface area contributed by atoms with Crippen molar-refractivity contribution in [1.82, 2.24) is 9.88 Å². The van der Waals surface area contributed by atoms with Gasteiger partial charge in [0, 0.05) is 41.9 Å². The van der Waals surface area contributed by atoms with Gasteiger partial charge in [-0.15, -0.1) is 0 Å². The summed E-state index contributed by atoms with van der Waals surface area (Å²) in [6.07, 6.45) is 1.94. The van der Waals surface area contributed by atoms with Crippen LogP contribution in [0.5, 0.6) is 0 Å². The number of amides is 2. The van der Waals surface area contributed by atoms with Crippen LogP contribution in [0, 0.1) is 23.5 Å². The molecule has 3 aromatic rings. The molecule has 0 aliphatic carbocycles.